The van der Waals surface area contributed by atoms with E-state index in [-0.39, 0.29) is 0 Å². The number of hydrogen-bond donors (Lipinski definition) is 1. The molecule has 70 valence electrons. The van der Waals surface area contributed by atoms with Crippen molar-refractivity contribution in [2.24, 2.45) is 0 Å². The number of nitrogens with one attached hydrogen (secondary N) is 1. The van der Waals surface area contributed by atoms with Crippen molar-refractivity contribution < 1.29 is 4.79 Å². The molecule has 0 spiro atoms. The Morgan fingerprint density at radius 3 is 2.79 bits per heavy atom. The van der Waals surface area contributed by atoms with Crippen molar-refractivity contribution in [3.05, 3.63) is 42.1 Å². The number of halogens is 1. The van der Waals surface area contributed by atoms with Crippen molar-refractivity contribution in [1.29, 1.82) is 0 Å². The molecule has 0 saturated carbocycles. The first-order chi connectivity index (χ1) is 6.81. The molecular weight excluding hydrogens is 200 g/mol. The highest BCUT2D eigenvalue weighted by atomic mass is 35.5. The molecule has 0 radical (unpaired) electrons. The van der Waals surface area contributed by atoms with Gasteiger partial charge in [0.2, 0.25) is 0 Å². The lowest BCUT2D eigenvalue weighted by Crippen LogP contribution is -2.13. The molecule has 4 heteroatoms. The molecule has 1 heterocycles. The minimum Gasteiger partial charge on any atom is -0.266 e. The van der Waals surface area contributed by atoms with E-state index in [9.17, 15) is 4.79 Å². The lowest BCUT2D eigenvalue weighted by atomic mass is 10.2. The van der Waals surface area contributed by atoms with Gasteiger partial charge >= 0.3 is 0 Å². The molecule has 0 unspecified atom stereocenters. The summed E-state index contributed by atoms with van der Waals surface area (Å²) < 4.78 is 0. The smallest absolute Gasteiger partial charge is 0.266 e. The normalized spacial score (nSPS) is 10.1. The zero-order chi connectivity index (χ0) is 9.97. The first-order valence-electron chi connectivity index (χ1n) is 4.08. The molecule has 0 bridgehead atoms. The summed E-state index contributed by atoms with van der Waals surface area (Å²) in [7, 11) is 0. The molecule has 2 rings (SSSR count). The zero-order valence-corrected chi connectivity index (χ0v) is 7.95. The summed E-state index contributed by atoms with van der Waals surface area (Å²) in [4.78, 5) is 17.3. The van der Waals surface area contributed by atoms with Crippen LogP contribution in [0.4, 0.5) is 0 Å². The average molecular weight is 207 g/mol. The van der Waals surface area contributed by atoms with Gasteiger partial charge in [-0.3, -0.25) is 9.63 Å². The van der Waals surface area contributed by atoms with Crippen molar-refractivity contribution in [3.8, 4) is 0 Å². The van der Waals surface area contributed by atoms with Gasteiger partial charge in [-0.2, -0.15) is 0 Å². The summed E-state index contributed by atoms with van der Waals surface area (Å²) in [5.41, 5.74) is 1.10. The molecule has 1 N–H and O–H groups in total. The minimum absolute atomic E-state index is 0.318. The molecule has 0 fully saturated rings. The van der Waals surface area contributed by atoms with Gasteiger partial charge in [0, 0.05) is 17.2 Å². The Kier molecular flexibility index (Phi) is 2.33. The molecule has 0 aliphatic heterocycles. The van der Waals surface area contributed by atoms with Gasteiger partial charge in [0.15, 0.2) is 0 Å². The average Bonchev–Trinajstić information content (AvgIpc) is 2.27. The van der Waals surface area contributed by atoms with Gasteiger partial charge in [-0.05, 0) is 12.1 Å². The van der Waals surface area contributed by atoms with Crippen LogP contribution in [0.2, 0.25) is 0 Å². The number of hydrogen-bond acceptors (Lipinski definition) is 2. The predicted octanol–water partition coefficient (Wildman–Crippen LogP) is 2.12. The van der Waals surface area contributed by atoms with Gasteiger partial charge < -0.3 is 0 Å². The van der Waals surface area contributed by atoms with Crippen molar-refractivity contribution in [2.45, 2.75) is 0 Å². The van der Waals surface area contributed by atoms with Crippen LogP contribution < -0.4 is 4.84 Å². The maximum absolute atomic E-state index is 11.2. The van der Waals surface area contributed by atoms with Crippen LogP contribution in [-0.4, -0.2) is 10.9 Å². The van der Waals surface area contributed by atoms with Gasteiger partial charge in [0.05, 0.1) is 5.52 Å². The van der Waals surface area contributed by atoms with E-state index in [2.05, 4.69) is 4.98 Å². The van der Waals surface area contributed by atoms with Crippen molar-refractivity contribution in [2.75, 3.05) is 0 Å². The molecule has 0 aliphatic rings. The van der Waals surface area contributed by atoms with Crippen molar-refractivity contribution >= 4 is 28.6 Å². The number of benzene rings is 1. The van der Waals surface area contributed by atoms with Gasteiger partial charge in [-0.1, -0.05) is 24.3 Å². The second kappa shape index (κ2) is 3.64. The second-order valence-corrected chi connectivity index (χ2v) is 3.00. The van der Waals surface area contributed by atoms with Crippen LogP contribution in [0.15, 0.2) is 36.4 Å². The molecule has 1 aromatic heterocycles. The quantitative estimate of drug-likeness (QED) is 0.727. The van der Waals surface area contributed by atoms with E-state index >= 15 is 0 Å². The van der Waals surface area contributed by atoms with Gasteiger partial charge in [-0.15, -0.1) is 0 Å². The van der Waals surface area contributed by atoms with E-state index in [0.29, 0.717) is 5.69 Å². The number of carbonyl (C=O) groups is 1. The third kappa shape index (κ3) is 1.54. The third-order valence-corrected chi connectivity index (χ3v) is 2.09. The number of fused-ring (bicyclic) bond motifs is 1. The maximum atomic E-state index is 11.2. The zero-order valence-electron chi connectivity index (χ0n) is 7.20. The van der Waals surface area contributed by atoms with Crippen LogP contribution >= 0.6 is 11.8 Å². The number of aromatic nitrogens is 1. The predicted molar refractivity (Wildman–Crippen MR) is 55.1 cm³/mol. The highest BCUT2D eigenvalue weighted by Gasteiger charge is 2.05. The van der Waals surface area contributed by atoms with Gasteiger partial charge in [0.1, 0.15) is 5.69 Å². The summed E-state index contributed by atoms with van der Waals surface area (Å²) in [6.07, 6.45) is 0. The Bertz CT molecular complexity index is 484. The maximum Gasteiger partial charge on any atom is 0.284 e. The van der Waals surface area contributed by atoms with E-state index in [1.165, 1.54) is 0 Å². The third-order valence-electron chi connectivity index (χ3n) is 1.92. The number of para-hydroxylation sites is 1. The lowest BCUT2D eigenvalue weighted by molar-refractivity contribution is 0.0977. The first kappa shape index (κ1) is 8.97. The summed E-state index contributed by atoms with van der Waals surface area (Å²) in [6, 6.07) is 11.1. The Labute approximate surface area is 85.8 Å². The van der Waals surface area contributed by atoms with Crippen LogP contribution in [0, 0.1) is 0 Å². The number of pyridine rings is 1. The second-order valence-electron chi connectivity index (χ2n) is 2.81. The molecule has 0 atom stereocenters. The van der Waals surface area contributed by atoms with E-state index in [1.807, 2.05) is 35.2 Å². The molecular formula is C10H7ClN2O. The fourth-order valence-electron chi connectivity index (χ4n) is 1.24. The molecule has 14 heavy (non-hydrogen) atoms. The molecule has 0 aliphatic carbocycles. The van der Waals surface area contributed by atoms with Crippen LogP contribution in [0.1, 0.15) is 10.5 Å². The lowest BCUT2D eigenvalue weighted by Gasteiger charge is -1.99. The number of amides is 1. The van der Waals surface area contributed by atoms with Crippen LogP contribution in [-0.2, 0) is 0 Å². The van der Waals surface area contributed by atoms with E-state index < -0.39 is 5.91 Å². The van der Waals surface area contributed by atoms with Gasteiger partial charge in [0.25, 0.3) is 5.91 Å². The standard InChI is InChI=1S/C10H7ClN2O/c11-13-10(14)9-6-5-7-3-1-2-4-8(7)12-9/h1-6H,(H,13,14). The molecule has 1 amide bonds. The monoisotopic (exact) mass is 206 g/mol. The van der Waals surface area contributed by atoms with E-state index in [4.69, 9.17) is 11.8 Å². The molecule has 2 aromatic rings. The fraction of sp³-hybridized carbons (Fsp3) is 0. The summed E-state index contributed by atoms with van der Waals surface area (Å²) in [5, 5.41) is 0.999. The van der Waals surface area contributed by atoms with Crippen molar-refractivity contribution in [1.82, 2.24) is 9.82 Å². The Morgan fingerprint density at radius 1 is 1.21 bits per heavy atom. The summed E-state index contributed by atoms with van der Waals surface area (Å²) in [5.74, 6) is -0.391. The topological polar surface area (TPSA) is 42.0 Å². The number of nitrogens with zero attached hydrogens (tertiary/aromatic N) is 1. The molecule has 1 aromatic carbocycles. The number of rotatable bonds is 1. The highest BCUT2D eigenvalue weighted by Crippen LogP contribution is 2.11. The summed E-state index contributed by atoms with van der Waals surface area (Å²) in [6.45, 7) is 0. The van der Waals surface area contributed by atoms with Crippen LogP contribution in [0.3, 0.4) is 0 Å². The SMILES string of the molecule is O=C(NCl)c1ccc2ccccc2n1. The van der Waals surface area contributed by atoms with E-state index in [0.717, 1.165) is 10.9 Å². The minimum atomic E-state index is -0.391. The Morgan fingerprint density at radius 2 is 2.00 bits per heavy atom. The molecule has 0 saturated heterocycles. The Balaban J connectivity index is 2.56. The highest BCUT2D eigenvalue weighted by molar-refractivity contribution is 6.24. The largest absolute Gasteiger partial charge is 0.284 e. The first-order valence-corrected chi connectivity index (χ1v) is 4.46. The summed E-state index contributed by atoms with van der Waals surface area (Å²) >= 11 is 5.20. The van der Waals surface area contributed by atoms with Crippen molar-refractivity contribution in [3.63, 3.8) is 0 Å². The van der Waals surface area contributed by atoms with Crippen LogP contribution in [0.5, 0.6) is 0 Å². The number of carbonyl (C=O) groups excluding carboxylic acids is 1. The van der Waals surface area contributed by atoms with Gasteiger partial charge in [-0.25, -0.2) is 4.98 Å². The van der Waals surface area contributed by atoms with Crippen LogP contribution in [0.25, 0.3) is 10.9 Å². The fourth-order valence-corrected chi connectivity index (χ4v) is 1.34. The van der Waals surface area contributed by atoms with E-state index in [1.54, 1.807) is 6.07 Å². The molecule has 3 nitrogen and oxygen atoms in total. The Hall–Kier alpha value is -1.61.